The molecule has 2 rings (SSSR count). The zero-order valence-corrected chi connectivity index (χ0v) is 8.78. The highest BCUT2D eigenvalue weighted by molar-refractivity contribution is 8.01. The molecule has 0 aliphatic carbocycles. The lowest BCUT2D eigenvalue weighted by atomic mass is 10.0. The quantitative estimate of drug-likeness (QED) is 0.610. The van der Waals surface area contributed by atoms with Crippen molar-refractivity contribution in [2.45, 2.75) is 29.9 Å². The van der Waals surface area contributed by atoms with Gasteiger partial charge in [-0.2, -0.15) is 0 Å². The van der Waals surface area contributed by atoms with E-state index in [4.69, 9.17) is 0 Å². The van der Waals surface area contributed by atoms with E-state index in [1.807, 2.05) is 0 Å². The molecule has 2 heterocycles. The second-order valence-corrected chi connectivity index (χ2v) is 5.93. The normalized spacial score (nSPS) is 36.0. The molecule has 2 nitrogen and oxygen atoms in total. The van der Waals surface area contributed by atoms with Gasteiger partial charge in [0.2, 0.25) is 0 Å². The van der Waals surface area contributed by atoms with Crippen molar-refractivity contribution >= 4 is 11.8 Å². The average molecular weight is 186 g/mol. The Morgan fingerprint density at radius 3 is 2.58 bits per heavy atom. The van der Waals surface area contributed by atoms with Crippen molar-refractivity contribution in [2.24, 2.45) is 0 Å². The Morgan fingerprint density at radius 2 is 2.08 bits per heavy atom. The van der Waals surface area contributed by atoms with Crippen molar-refractivity contribution in [3.63, 3.8) is 0 Å². The highest BCUT2D eigenvalue weighted by Gasteiger charge is 2.39. The van der Waals surface area contributed by atoms with Crippen LogP contribution in [0.1, 0.15) is 19.8 Å². The van der Waals surface area contributed by atoms with Gasteiger partial charge in [-0.1, -0.05) is 6.92 Å². The van der Waals surface area contributed by atoms with E-state index in [1.54, 1.807) is 0 Å². The Bertz CT molecular complexity index is 164. The summed E-state index contributed by atoms with van der Waals surface area (Å²) in [6.07, 6.45) is 2.64. The molecule has 1 unspecified atom stereocenters. The van der Waals surface area contributed by atoms with Crippen LogP contribution in [0.25, 0.3) is 0 Å². The largest absolute Gasteiger partial charge is 0.306 e. The molecule has 0 aromatic heterocycles. The molecule has 0 amide bonds. The van der Waals surface area contributed by atoms with Crippen molar-refractivity contribution in [2.75, 3.05) is 26.7 Å². The Morgan fingerprint density at radius 1 is 1.42 bits per heavy atom. The third-order valence-corrected chi connectivity index (χ3v) is 4.51. The van der Waals surface area contributed by atoms with Gasteiger partial charge in [-0.25, -0.2) is 0 Å². The summed E-state index contributed by atoms with van der Waals surface area (Å²) in [5.41, 5.74) is 0. The van der Waals surface area contributed by atoms with Crippen molar-refractivity contribution in [3.05, 3.63) is 0 Å². The van der Waals surface area contributed by atoms with E-state index in [-0.39, 0.29) is 0 Å². The Kier molecular flexibility index (Phi) is 2.36. The van der Waals surface area contributed by atoms with Gasteiger partial charge in [0, 0.05) is 24.9 Å². The first-order chi connectivity index (χ1) is 5.70. The molecule has 1 atom stereocenters. The minimum atomic E-state index is 0.450. The van der Waals surface area contributed by atoms with Gasteiger partial charge in [0.15, 0.2) is 0 Å². The summed E-state index contributed by atoms with van der Waals surface area (Å²) in [5.74, 6) is 0. The first kappa shape index (κ1) is 8.85. The number of nitrogens with zero attached hydrogens (tertiary/aromatic N) is 1. The summed E-state index contributed by atoms with van der Waals surface area (Å²) in [7, 11) is 2.22. The highest BCUT2D eigenvalue weighted by Crippen LogP contribution is 2.40. The number of piperidine rings is 1. The summed E-state index contributed by atoms with van der Waals surface area (Å²) in [6, 6.07) is 0. The molecule has 0 aromatic rings. The number of hydrogen-bond donors (Lipinski definition) is 1. The molecular formula is C9H18N2S. The minimum absolute atomic E-state index is 0.450. The van der Waals surface area contributed by atoms with Crippen LogP contribution in [0.5, 0.6) is 0 Å². The fraction of sp³-hybridized carbons (Fsp3) is 1.00. The monoisotopic (exact) mass is 186 g/mol. The molecule has 0 bridgehead atoms. The first-order valence-electron chi connectivity index (χ1n) is 4.82. The SMILES string of the molecule is CC1CNC2(CCN(C)CC2)S1. The van der Waals surface area contributed by atoms with E-state index >= 15 is 0 Å². The molecule has 1 spiro atoms. The maximum atomic E-state index is 3.68. The van der Waals surface area contributed by atoms with Crippen LogP contribution in [0.2, 0.25) is 0 Å². The molecule has 2 fully saturated rings. The standard InChI is InChI=1S/C9H18N2S/c1-8-7-10-9(12-8)3-5-11(2)6-4-9/h8,10H,3-7H2,1-2H3. The third kappa shape index (κ3) is 1.63. The molecule has 0 radical (unpaired) electrons. The van der Waals surface area contributed by atoms with Crippen molar-refractivity contribution < 1.29 is 0 Å². The van der Waals surface area contributed by atoms with Crippen molar-refractivity contribution in [1.82, 2.24) is 10.2 Å². The number of rotatable bonds is 0. The van der Waals surface area contributed by atoms with Crippen LogP contribution in [0.3, 0.4) is 0 Å². The van der Waals surface area contributed by atoms with Gasteiger partial charge in [-0.3, -0.25) is 0 Å². The fourth-order valence-electron chi connectivity index (χ4n) is 2.07. The van der Waals surface area contributed by atoms with Gasteiger partial charge in [-0.15, -0.1) is 11.8 Å². The fourth-order valence-corrected chi connectivity index (χ4v) is 3.59. The lowest BCUT2D eigenvalue weighted by molar-refractivity contribution is 0.223. The van der Waals surface area contributed by atoms with Crippen molar-refractivity contribution in [1.29, 1.82) is 0 Å². The smallest absolute Gasteiger partial charge is 0.0673 e. The molecule has 70 valence electrons. The van der Waals surface area contributed by atoms with E-state index < -0.39 is 0 Å². The molecule has 0 aromatic carbocycles. The van der Waals surface area contributed by atoms with Gasteiger partial charge in [0.25, 0.3) is 0 Å². The molecule has 12 heavy (non-hydrogen) atoms. The van der Waals surface area contributed by atoms with Gasteiger partial charge in [0.1, 0.15) is 0 Å². The van der Waals surface area contributed by atoms with Crippen LogP contribution in [0, 0.1) is 0 Å². The predicted octanol–water partition coefficient (Wildman–Crippen LogP) is 1.13. The second-order valence-electron chi connectivity index (χ2n) is 4.11. The van der Waals surface area contributed by atoms with Gasteiger partial charge in [0.05, 0.1) is 4.87 Å². The number of likely N-dealkylation sites (tertiary alicyclic amines) is 1. The summed E-state index contributed by atoms with van der Waals surface area (Å²) in [6.45, 7) is 6.04. The summed E-state index contributed by atoms with van der Waals surface area (Å²) < 4.78 is 0. The molecule has 0 saturated carbocycles. The Hall–Kier alpha value is 0.270. The molecule has 1 N–H and O–H groups in total. The van der Waals surface area contributed by atoms with Crippen LogP contribution >= 0.6 is 11.8 Å². The summed E-state index contributed by atoms with van der Waals surface area (Å²) >= 11 is 2.15. The van der Waals surface area contributed by atoms with E-state index in [0.717, 1.165) is 5.25 Å². The Labute approximate surface area is 79.1 Å². The van der Waals surface area contributed by atoms with E-state index in [2.05, 4.69) is 35.9 Å². The van der Waals surface area contributed by atoms with Crippen LogP contribution in [-0.2, 0) is 0 Å². The van der Waals surface area contributed by atoms with E-state index in [1.165, 1.54) is 32.5 Å². The maximum Gasteiger partial charge on any atom is 0.0673 e. The molecular weight excluding hydrogens is 168 g/mol. The van der Waals surface area contributed by atoms with Gasteiger partial charge >= 0.3 is 0 Å². The van der Waals surface area contributed by atoms with Crippen molar-refractivity contribution in [3.8, 4) is 0 Å². The zero-order chi connectivity index (χ0) is 8.60. The summed E-state index contributed by atoms with van der Waals surface area (Å²) in [4.78, 5) is 2.88. The average Bonchev–Trinajstić information content (AvgIpc) is 2.40. The first-order valence-corrected chi connectivity index (χ1v) is 5.70. The van der Waals surface area contributed by atoms with Crippen LogP contribution in [-0.4, -0.2) is 41.7 Å². The lowest BCUT2D eigenvalue weighted by Crippen LogP contribution is -2.47. The van der Waals surface area contributed by atoms with E-state index in [9.17, 15) is 0 Å². The highest BCUT2D eigenvalue weighted by atomic mass is 32.2. The maximum absolute atomic E-state index is 3.68. The number of nitrogens with one attached hydrogen (secondary N) is 1. The van der Waals surface area contributed by atoms with E-state index in [0.29, 0.717) is 4.87 Å². The second kappa shape index (κ2) is 3.20. The van der Waals surface area contributed by atoms with Crippen LogP contribution in [0.15, 0.2) is 0 Å². The minimum Gasteiger partial charge on any atom is -0.306 e. The van der Waals surface area contributed by atoms with Gasteiger partial charge < -0.3 is 10.2 Å². The molecule has 2 aliphatic rings. The molecule has 2 saturated heterocycles. The zero-order valence-electron chi connectivity index (χ0n) is 7.97. The predicted molar refractivity (Wildman–Crippen MR) is 54.5 cm³/mol. The Balaban J connectivity index is 1.95. The van der Waals surface area contributed by atoms with Crippen LogP contribution in [0.4, 0.5) is 0 Å². The lowest BCUT2D eigenvalue weighted by Gasteiger charge is -2.37. The number of hydrogen-bond acceptors (Lipinski definition) is 3. The molecule has 3 heteroatoms. The summed E-state index contributed by atoms with van der Waals surface area (Å²) in [5, 5.41) is 4.49. The number of thioether (sulfide) groups is 1. The third-order valence-electron chi connectivity index (χ3n) is 2.93. The molecule has 2 aliphatic heterocycles. The van der Waals surface area contributed by atoms with Gasteiger partial charge in [-0.05, 0) is 19.9 Å². The topological polar surface area (TPSA) is 15.3 Å². The van der Waals surface area contributed by atoms with Crippen LogP contribution < -0.4 is 5.32 Å².